The van der Waals surface area contributed by atoms with Crippen molar-refractivity contribution in [3.8, 4) is 11.8 Å². The second kappa shape index (κ2) is 8.14. The van der Waals surface area contributed by atoms with Crippen LogP contribution in [0.2, 0.25) is 0 Å². The molecule has 2 aromatic heterocycles. The van der Waals surface area contributed by atoms with Gasteiger partial charge in [-0.2, -0.15) is 15.5 Å². The SMILES string of the molecule is Cc1nnc(NC[C@@H]2CC(=O)N(C)[C@H]2c2cnn(-c3ccc(F)cc3)c2)c(C#N)c1C. The standard InChI is InChI=1S/C22H22FN7O/c1-13-14(2)27-28-22(19(13)9-24)25-10-15-8-20(31)29(3)21(15)16-11-26-30(12-16)18-6-4-17(23)5-7-18/h4-7,11-12,15,21H,8,10H2,1-3H3,(H,25,28)/t15-,21+/m0/s1. The molecule has 31 heavy (non-hydrogen) atoms. The van der Waals surface area contributed by atoms with E-state index in [1.54, 1.807) is 35.0 Å². The molecular formula is C22H22FN7O. The van der Waals surface area contributed by atoms with Gasteiger partial charge in [0.25, 0.3) is 0 Å². The second-order valence-electron chi connectivity index (χ2n) is 7.74. The molecule has 0 bridgehead atoms. The fourth-order valence-electron chi connectivity index (χ4n) is 3.95. The highest BCUT2D eigenvalue weighted by Gasteiger charge is 2.39. The molecule has 1 fully saturated rings. The maximum absolute atomic E-state index is 13.2. The largest absolute Gasteiger partial charge is 0.367 e. The van der Waals surface area contributed by atoms with E-state index in [4.69, 9.17) is 0 Å². The summed E-state index contributed by atoms with van der Waals surface area (Å²) in [5.74, 6) is 0.110. The number of carbonyl (C=O) groups is 1. The summed E-state index contributed by atoms with van der Waals surface area (Å²) in [4.78, 5) is 14.2. The lowest BCUT2D eigenvalue weighted by Crippen LogP contribution is -2.26. The fourth-order valence-corrected chi connectivity index (χ4v) is 3.95. The van der Waals surface area contributed by atoms with Crippen molar-refractivity contribution in [1.82, 2.24) is 24.9 Å². The molecule has 0 aliphatic carbocycles. The van der Waals surface area contributed by atoms with Crippen molar-refractivity contribution < 1.29 is 9.18 Å². The van der Waals surface area contributed by atoms with Gasteiger partial charge in [-0.3, -0.25) is 4.79 Å². The maximum Gasteiger partial charge on any atom is 0.223 e. The zero-order chi connectivity index (χ0) is 22.1. The topological polar surface area (TPSA) is 99.7 Å². The van der Waals surface area contributed by atoms with E-state index in [0.29, 0.717) is 30.0 Å². The van der Waals surface area contributed by atoms with Gasteiger partial charge in [0, 0.05) is 37.7 Å². The van der Waals surface area contributed by atoms with Crippen LogP contribution in [0.15, 0.2) is 36.7 Å². The lowest BCUT2D eigenvalue weighted by Gasteiger charge is -2.24. The minimum atomic E-state index is -0.311. The smallest absolute Gasteiger partial charge is 0.223 e. The Hall–Kier alpha value is -3.80. The second-order valence-corrected chi connectivity index (χ2v) is 7.74. The summed E-state index contributed by atoms with van der Waals surface area (Å²) < 4.78 is 14.9. The Balaban J connectivity index is 1.57. The van der Waals surface area contributed by atoms with Crippen molar-refractivity contribution in [2.24, 2.45) is 5.92 Å². The Morgan fingerprint density at radius 2 is 2.00 bits per heavy atom. The van der Waals surface area contributed by atoms with Gasteiger partial charge in [0.2, 0.25) is 5.91 Å². The lowest BCUT2D eigenvalue weighted by atomic mass is 9.95. The van der Waals surface area contributed by atoms with Crippen LogP contribution in [0.25, 0.3) is 5.69 Å². The van der Waals surface area contributed by atoms with E-state index < -0.39 is 0 Å². The van der Waals surface area contributed by atoms with Crippen LogP contribution >= 0.6 is 0 Å². The summed E-state index contributed by atoms with van der Waals surface area (Å²) in [5, 5.41) is 25.3. The van der Waals surface area contributed by atoms with Crippen LogP contribution in [0, 0.1) is 36.9 Å². The van der Waals surface area contributed by atoms with Crippen LogP contribution in [-0.2, 0) is 4.79 Å². The van der Waals surface area contributed by atoms with Crippen LogP contribution in [0.4, 0.5) is 10.2 Å². The molecule has 0 unspecified atom stereocenters. The fraction of sp³-hybridized carbons (Fsp3) is 0.318. The van der Waals surface area contributed by atoms with Gasteiger partial charge < -0.3 is 10.2 Å². The van der Waals surface area contributed by atoms with E-state index in [1.807, 2.05) is 20.0 Å². The highest BCUT2D eigenvalue weighted by Crippen LogP contribution is 2.37. The predicted octanol–water partition coefficient (Wildman–Crippen LogP) is 2.92. The number of benzene rings is 1. The average Bonchev–Trinajstić information content (AvgIpc) is 3.34. The third-order valence-corrected chi connectivity index (χ3v) is 5.83. The molecule has 0 spiro atoms. The Bertz CT molecular complexity index is 1170. The number of halogens is 1. The number of likely N-dealkylation sites (tertiary alicyclic amines) is 1. The van der Waals surface area contributed by atoms with E-state index in [2.05, 4.69) is 26.7 Å². The van der Waals surface area contributed by atoms with Gasteiger partial charge >= 0.3 is 0 Å². The van der Waals surface area contributed by atoms with Crippen molar-refractivity contribution in [2.45, 2.75) is 26.3 Å². The lowest BCUT2D eigenvalue weighted by molar-refractivity contribution is -0.127. The number of amides is 1. The molecule has 1 N–H and O–H groups in total. The molecule has 0 radical (unpaired) electrons. The number of nitrogens with zero attached hydrogens (tertiary/aromatic N) is 6. The Morgan fingerprint density at radius 1 is 1.26 bits per heavy atom. The summed E-state index contributed by atoms with van der Waals surface area (Å²) in [5.41, 5.74) is 3.58. The maximum atomic E-state index is 13.2. The van der Waals surface area contributed by atoms with E-state index in [0.717, 1.165) is 16.8 Å². The number of hydrogen-bond acceptors (Lipinski definition) is 6. The quantitative estimate of drug-likeness (QED) is 0.683. The van der Waals surface area contributed by atoms with Gasteiger partial charge in [-0.15, -0.1) is 5.10 Å². The first kappa shape index (κ1) is 20.5. The number of nitrogens with one attached hydrogen (secondary N) is 1. The molecule has 8 nitrogen and oxygen atoms in total. The average molecular weight is 419 g/mol. The number of hydrogen-bond donors (Lipinski definition) is 1. The molecule has 4 rings (SSSR count). The summed E-state index contributed by atoms with van der Waals surface area (Å²) in [7, 11) is 1.78. The molecule has 3 aromatic rings. The predicted molar refractivity (Wildman–Crippen MR) is 112 cm³/mol. The minimum Gasteiger partial charge on any atom is -0.367 e. The van der Waals surface area contributed by atoms with E-state index in [1.165, 1.54) is 12.1 Å². The number of nitriles is 1. The van der Waals surface area contributed by atoms with Crippen molar-refractivity contribution in [3.05, 3.63) is 64.9 Å². The zero-order valence-corrected chi connectivity index (χ0v) is 17.5. The van der Waals surface area contributed by atoms with Crippen molar-refractivity contribution in [1.29, 1.82) is 5.26 Å². The molecule has 1 amide bonds. The van der Waals surface area contributed by atoms with Gasteiger partial charge in [0.1, 0.15) is 17.4 Å². The van der Waals surface area contributed by atoms with Crippen LogP contribution in [0.1, 0.15) is 34.8 Å². The first-order chi connectivity index (χ1) is 14.9. The van der Waals surface area contributed by atoms with E-state index in [9.17, 15) is 14.4 Å². The van der Waals surface area contributed by atoms with Crippen molar-refractivity contribution in [3.63, 3.8) is 0 Å². The zero-order valence-electron chi connectivity index (χ0n) is 17.5. The summed E-state index contributed by atoms with van der Waals surface area (Å²) in [6.45, 7) is 4.11. The molecule has 2 atom stereocenters. The van der Waals surface area contributed by atoms with Gasteiger partial charge in [-0.1, -0.05) is 0 Å². The Morgan fingerprint density at radius 3 is 2.71 bits per heavy atom. The molecule has 3 heterocycles. The summed E-state index contributed by atoms with van der Waals surface area (Å²) in [6.07, 6.45) is 3.96. The molecule has 0 saturated carbocycles. The van der Waals surface area contributed by atoms with Crippen LogP contribution in [0.3, 0.4) is 0 Å². The first-order valence-corrected chi connectivity index (χ1v) is 9.93. The van der Waals surface area contributed by atoms with Gasteiger partial charge in [-0.25, -0.2) is 9.07 Å². The molecule has 1 saturated heterocycles. The molecule has 1 aliphatic rings. The van der Waals surface area contributed by atoms with Gasteiger partial charge in [0.15, 0.2) is 5.82 Å². The monoisotopic (exact) mass is 419 g/mol. The molecule has 9 heteroatoms. The van der Waals surface area contributed by atoms with Crippen molar-refractivity contribution >= 4 is 11.7 Å². The molecular weight excluding hydrogens is 397 g/mol. The van der Waals surface area contributed by atoms with Crippen molar-refractivity contribution in [2.75, 3.05) is 18.9 Å². The molecule has 1 aromatic carbocycles. The number of aryl methyl sites for hydroxylation is 1. The Labute approximate surface area is 179 Å². The minimum absolute atomic E-state index is 0.0398. The van der Waals surface area contributed by atoms with Gasteiger partial charge in [0.05, 0.1) is 23.6 Å². The van der Waals surface area contributed by atoms with E-state index >= 15 is 0 Å². The number of anilines is 1. The van der Waals surface area contributed by atoms with Crippen LogP contribution < -0.4 is 5.32 Å². The number of aromatic nitrogens is 4. The third-order valence-electron chi connectivity index (χ3n) is 5.83. The number of rotatable bonds is 5. The third kappa shape index (κ3) is 3.84. The normalized spacial score (nSPS) is 18.3. The Kier molecular flexibility index (Phi) is 5.38. The summed E-state index contributed by atoms with van der Waals surface area (Å²) >= 11 is 0. The summed E-state index contributed by atoms with van der Waals surface area (Å²) in [6, 6.07) is 8.06. The van der Waals surface area contributed by atoms with Crippen LogP contribution in [0.5, 0.6) is 0 Å². The molecule has 158 valence electrons. The highest BCUT2D eigenvalue weighted by molar-refractivity contribution is 5.79. The number of carbonyl (C=O) groups excluding carboxylic acids is 1. The van der Waals surface area contributed by atoms with Gasteiger partial charge in [-0.05, 0) is 43.7 Å². The van der Waals surface area contributed by atoms with Crippen LogP contribution in [-0.4, -0.2) is 44.4 Å². The first-order valence-electron chi connectivity index (χ1n) is 9.93. The highest BCUT2D eigenvalue weighted by atomic mass is 19.1. The molecule has 1 aliphatic heterocycles. The van der Waals surface area contributed by atoms with E-state index in [-0.39, 0.29) is 23.7 Å².